The van der Waals surface area contributed by atoms with Crippen LogP contribution in [0.3, 0.4) is 0 Å². The first-order chi connectivity index (χ1) is 4.83. The average Bonchev–Trinajstić information content (AvgIpc) is 1.88. The average molecular weight is 159 g/mol. The first kappa shape index (κ1) is 7.28. The minimum absolute atomic E-state index is 0.353. The minimum atomic E-state index is 0.353. The summed E-state index contributed by atoms with van der Waals surface area (Å²) in [5, 5.41) is 0.353. The topological polar surface area (TPSA) is 35.0 Å². The van der Waals surface area contributed by atoms with Crippen LogP contribution >= 0.6 is 11.6 Å². The predicted molar refractivity (Wildman–Crippen MR) is 38.2 cm³/mol. The minimum Gasteiger partial charge on any atom is -0.477 e. The fourth-order valence-electron chi connectivity index (χ4n) is 0.543. The summed E-state index contributed by atoms with van der Waals surface area (Å²) < 4.78 is 5.03. The largest absolute Gasteiger partial charge is 0.477 e. The molecule has 0 saturated heterocycles. The van der Waals surface area contributed by atoms with E-state index in [1.807, 2.05) is 6.92 Å². The molecule has 0 atom stereocenters. The van der Waals surface area contributed by atoms with Gasteiger partial charge in [-0.15, -0.1) is 0 Å². The van der Waals surface area contributed by atoms with Gasteiger partial charge in [0.25, 0.3) is 0 Å². The van der Waals surface area contributed by atoms with Crippen molar-refractivity contribution < 1.29 is 4.74 Å². The van der Waals surface area contributed by atoms with Crippen molar-refractivity contribution >= 4 is 11.6 Å². The Labute approximate surface area is 64.0 Å². The van der Waals surface area contributed by atoms with Crippen LogP contribution in [-0.2, 0) is 0 Å². The summed E-state index contributed by atoms with van der Waals surface area (Å²) in [5.74, 6) is 0.468. The number of aromatic nitrogens is 2. The van der Waals surface area contributed by atoms with Crippen molar-refractivity contribution in [2.75, 3.05) is 6.61 Å². The molecule has 4 heteroatoms. The van der Waals surface area contributed by atoms with Gasteiger partial charge in [0, 0.05) is 0 Å². The lowest BCUT2D eigenvalue weighted by Crippen LogP contribution is -1.94. The Bertz CT molecular complexity index is 217. The third-order valence-electron chi connectivity index (χ3n) is 0.875. The summed E-state index contributed by atoms with van der Waals surface area (Å²) >= 11 is 5.53. The van der Waals surface area contributed by atoms with Gasteiger partial charge in [-0.25, -0.2) is 0 Å². The van der Waals surface area contributed by atoms with E-state index in [1.165, 1.54) is 12.4 Å². The van der Waals surface area contributed by atoms with Gasteiger partial charge < -0.3 is 4.74 Å². The van der Waals surface area contributed by atoms with Crippen molar-refractivity contribution in [2.24, 2.45) is 0 Å². The molecule has 0 bridgehead atoms. The molecular weight excluding hydrogens is 152 g/mol. The van der Waals surface area contributed by atoms with E-state index in [0.717, 1.165) is 0 Å². The van der Waals surface area contributed by atoms with Crippen LogP contribution in [-0.4, -0.2) is 16.6 Å². The van der Waals surface area contributed by atoms with E-state index in [4.69, 9.17) is 16.3 Å². The molecule has 0 fully saturated rings. The molecule has 1 heterocycles. The maximum absolute atomic E-state index is 5.53. The molecule has 1 aromatic rings. The highest BCUT2D eigenvalue weighted by atomic mass is 35.5. The molecule has 1 aromatic heterocycles. The van der Waals surface area contributed by atoms with E-state index >= 15 is 0 Å². The monoisotopic (exact) mass is 158 g/mol. The zero-order valence-electron chi connectivity index (χ0n) is 5.54. The maximum Gasteiger partial charge on any atom is 0.233 e. The number of hydrogen-bond acceptors (Lipinski definition) is 3. The van der Waals surface area contributed by atoms with Gasteiger partial charge in [-0.2, -0.15) is 4.98 Å². The van der Waals surface area contributed by atoms with Gasteiger partial charge in [0.1, 0.15) is 0 Å². The van der Waals surface area contributed by atoms with Crippen molar-refractivity contribution in [2.45, 2.75) is 6.92 Å². The fraction of sp³-hybridized carbons (Fsp3) is 0.333. The zero-order valence-corrected chi connectivity index (χ0v) is 6.30. The Morgan fingerprint density at radius 3 is 3.00 bits per heavy atom. The highest BCUT2D eigenvalue weighted by Crippen LogP contribution is 2.08. The normalized spacial score (nSPS) is 9.40. The molecule has 1 rings (SSSR count). The van der Waals surface area contributed by atoms with E-state index in [2.05, 4.69) is 9.97 Å². The molecule has 0 unspecified atom stereocenters. The number of rotatable bonds is 2. The first-order valence-corrected chi connectivity index (χ1v) is 3.31. The Hall–Kier alpha value is -0.830. The van der Waals surface area contributed by atoms with Crippen LogP contribution in [0.5, 0.6) is 5.88 Å². The highest BCUT2D eigenvalue weighted by molar-refractivity contribution is 6.29. The van der Waals surface area contributed by atoms with Gasteiger partial charge >= 0.3 is 0 Å². The van der Waals surface area contributed by atoms with Gasteiger partial charge in [0.05, 0.1) is 19.0 Å². The Balaban J connectivity index is 2.75. The van der Waals surface area contributed by atoms with Crippen molar-refractivity contribution in [1.29, 1.82) is 0 Å². The van der Waals surface area contributed by atoms with Crippen molar-refractivity contribution in [3.05, 3.63) is 17.5 Å². The molecule has 10 heavy (non-hydrogen) atoms. The molecule has 54 valence electrons. The molecule has 0 aromatic carbocycles. The van der Waals surface area contributed by atoms with Gasteiger partial charge in [0.15, 0.2) is 5.15 Å². The second-order valence-corrected chi connectivity index (χ2v) is 2.00. The smallest absolute Gasteiger partial charge is 0.233 e. The van der Waals surface area contributed by atoms with Crippen LogP contribution in [0.25, 0.3) is 0 Å². The number of ether oxygens (including phenoxy) is 1. The fourth-order valence-corrected chi connectivity index (χ4v) is 0.683. The molecule has 3 nitrogen and oxygen atoms in total. The van der Waals surface area contributed by atoms with Crippen LogP contribution < -0.4 is 4.74 Å². The summed E-state index contributed by atoms with van der Waals surface area (Å²) in [5.41, 5.74) is 0. The number of nitrogens with zero attached hydrogens (tertiary/aromatic N) is 2. The van der Waals surface area contributed by atoms with E-state index in [1.54, 1.807) is 0 Å². The lowest BCUT2D eigenvalue weighted by atomic mass is 10.7. The Morgan fingerprint density at radius 1 is 1.60 bits per heavy atom. The molecule has 0 spiro atoms. The van der Waals surface area contributed by atoms with Crippen LogP contribution in [0.15, 0.2) is 12.4 Å². The standard InChI is InChI=1S/C6H7ClN2O/c1-2-10-6-4-8-3-5(7)9-6/h3-4H,2H2,1H3. The summed E-state index contributed by atoms with van der Waals surface area (Å²) in [6.45, 7) is 2.46. The number of halogens is 1. The third-order valence-corrected chi connectivity index (χ3v) is 1.06. The molecule has 0 N–H and O–H groups in total. The van der Waals surface area contributed by atoms with Crippen LogP contribution in [0.4, 0.5) is 0 Å². The highest BCUT2D eigenvalue weighted by Gasteiger charge is 1.93. The van der Waals surface area contributed by atoms with Gasteiger partial charge in [-0.3, -0.25) is 4.98 Å². The first-order valence-electron chi connectivity index (χ1n) is 2.93. The van der Waals surface area contributed by atoms with Crippen LogP contribution in [0.2, 0.25) is 5.15 Å². The second-order valence-electron chi connectivity index (χ2n) is 1.61. The maximum atomic E-state index is 5.53. The van der Waals surface area contributed by atoms with Crippen molar-refractivity contribution in [1.82, 2.24) is 9.97 Å². The van der Waals surface area contributed by atoms with Gasteiger partial charge in [-0.1, -0.05) is 11.6 Å². The summed E-state index contributed by atoms with van der Waals surface area (Å²) in [4.78, 5) is 7.63. The second kappa shape index (κ2) is 3.37. The lowest BCUT2D eigenvalue weighted by Gasteiger charge is -1.98. The molecule has 0 aliphatic heterocycles. The molecule has 0 aliphatic carbocycles. The predicted octanol–water partition coefficient (Wildman–Crippen LogP) is 1.53. The quantitative estimate of drug-likeness (QED) is 0.655. The summed E-state index contributed by atoms with van der Waals surface area (Å²) in [7, 11) is 0. The van der Waals surface area contributed by atoms with E-state index in [9.17, 15) is 0 Å². The summed E-state index contributed by atoms with van der Waals surface area (Å²) in [6.07, 6.45) is 2.99. The van der Waals surface area contributed by atoms with Gasteiger partial charge in [-0.05, 0) is 6.92 Å². The van der Waals surface area contributed by atoms with Crippen LogP contribution in [0, 0.1) is 0 Å². The summed E-state index contributed by atoms with van der Waals surface area (Å²) in [6, 6.07) is 0. The van der Waals surface area contributed by atoms with Crippen molar-refractivity contribution in [3.63, 3.8) is 0 Å². The molecular formula is C6H7ClN2O. The molecule has 0 amide bonds. The SMILES string of the molecule is CCOc1cncc(Cl)n1. The van der Waals surface area contributed by atoms with Gasteiger partial charge in [0.2, 0.25) is 5.88 Å². The van der Waals surface area contributed by atoms with E-state index in [0.29, 0.717) is 17.6 Å². The molecule has 0 aliphatic rings. The Kier molecular flexibility index (Phi) is 2.45. The Morgan fingerprint density at radius 2 is 2.40 bits per heavy atom. The molecule has 0 radical (unpaired) electrons. The van der Waals surface area contributed by atoms with E-state index < -0.39 is 0 Å². The van der Waals surface area contributed by atoms with E-state index in [-0.39, 0.29) is 0 Å². The lowest BCUT2D eigenvalue weighted by molar-refractivity contribution is 0.325. The molecule has 0 saturated carbocycles. The third kappa shape index (κ3) is 1.84. The number of hydrogen-bond donors (Lipinski definition) is 0. The van der Waals surface area contributed by atoms with Crippen LogP contribution in [0.1, 0.15) is 6.92 Å². The van der Waals surface area contributed by atoms with Crippen molar-refractivity contribution in [3.8, 4) is 5.88 Å². The zero-order chi connectivity index (χ0) is 7.40.